The number of likely N-dealkylation sites (tertiary alicyclic amines) is 1. The van der Waals surface area contributed by atoms with E-state index >= 15 is 0 Å². The highest BCUT2D eigenvalue weighted by Gasteiger charge is 2.50. The number of hydrogen-bond donors (Lipinski definition) is 2. The van der Waals surface area contributed by atoms with Crippen molar-refractivity contribution >= 4 is 27.6 Å². The molecule has 1 aliphatic carbocycles. The first-order valence-corrected chi connectivity index (χ1v) is 12.0. The molecule has 0 spiro atoms. The van der Waals surface area contributed by atoms with E-state index in [1.165, 1.54) is 5.56 Å². The summed E-state index contributed by atoms with van der Waals surface area (Å²) >= 11 is 3.49. The van der Waals surface area contributed by atoms with Crippen LogP contribution >= 0.6 is 15.9 Å². The molecule has 174 valence electrons. The third-order valence-corrected chi connectivity index (χ3v) is 7.52. The second-order valence-electron chi connectivity index (χ2n) is 8.75. The first-order valence-electron chi connectivity index (χ1n) is 11.2. The Kier molecular flexibility index (Phi) is 7.11. The zero-order valence-corrected chi connectivity index (χ0v) is 20.9. The van der Waals surface area contributed by atoms with Gasteiger partial charge in [0.05, 0.1) is 20.3 Å². The van der Waals surface area contributed by atoms with E-state index in [4.69, 9.17) is 14.5 Å². The SMILES string of the molecule is COc1ccc([C@@]23CC[C@H](N=C(NC#N)Nc4cccc(Br)c4)C[C@H]2N(C)CC3)cc1OC. The van der Waals surface area contributed by atoms with Crippen molar-refractivity contribution in [2.24, 2.45) is 4.99 Å². The molecule has 1 saturated carbocycles. The lowest BCUT2D eigenvalue weighted by atomic mass is 9.65. The molecule has 2 aliphatic rings. The monoisotopic (exact) mass is 511 g/mol. The highest BCUT2D eigenvalue weighted by molar-refractivity contribution is 9.10. The molecule has 1 saturated heterocycles. The Bertz CT molecular complexity index is 1070. The van der Waals surface area contributed by atoms with Crippen molar-refractivity contribution in [1.82, 2.24) is 10.2 Å². The van der Waals surface area contributed by atoms with Gasteiger partial charge >= 0.3 is 0 Å². The Hall–Kier alpha value is -2.76. The first kappa shape index (κ1) is 23.4. The van der Waals surface area contributed by atoms with Crippen LogP contribution in [0.1, 0.15) is 31.2 Å². The van der Waals surface area contributed by atoms with Crippen molar-refractivity contribution in [3.8, 4) is 17.7 Å². The van der Waals surface area contributed by atoms with Crippen LogP contribution in [-0.4, -0.2) is 50.8 Å². The number of halogens is 1. The molecule has 1 heterocycles. The van der Waals surface area contributed by atoms with Crippen molar-refractivity contribution in [3.05, 3.63) is 52.5 Å². The van der Waals surface area contributed by atoms with Crippen molar-refractivity contribution in [1.29, 1.82) is 5.26 Å². The molecule has 4 rings (SSSR count). The zero-order valence-electron chi connectivity index (χ0n) is 19.3. The number of hydrogen-bond acceptors (Lipinski definition) is 5. The molecule has 0 bridgehead atoms. The van der Waals surface area contributed by atoms with Crippen LogP contribution in [0.2, 0.25) is 0 Å². The third-order valence-electron chi connectivity index (χ3n) is 7.03. The number of nitrogens with zero attached hydrogens (tertiary/aromatic N) is 3. The van der Waals surface area contributed by atoms with E-state index < -0.39 is 0 Å². The maximum Gasteiger partial charge on any atom is 0.209 e. The van der Waals surface area contributed by atoms with E-state index in [0.29, 0.717) is 12.0 Å². The minimum Gasteiger partial charge on any atom is -0.493 e. The summed E-state index contributed by atoms with van der Waals surface area (Å²) in [5.41, 5.74) is 2.25. The lowest BCUT2D eigenvalue weighted by molar-refractivity contribution is 0.168. The molecule has 8 heteroatoms. The molecule has 0 amide bonds. The van der Waals surface area contributed by atoms with Gasteiger partial charge in [-0.05, 0) is 75.2 Å². The van der Waals surface area contributed by atoms with Crippen LogP contribution in [-0.2, 0) is 5.41 Å². The lowest BCUT2D eigenvalue weighted by Crippen LogP contribution is -2.47. The van der Waals surface area contributed by atoms with Crippen LogP contribution in [0.15, 0.2) is 51.9 Å². The molecule has 0 unspecified atom stereocenters. The van der Waals surface area contributed by atoms with Gasteiger partial charge in [0.25, 0.3) is 0 Å². The molecule has 2 fully saturated rings. The molecule has 7 nitrogen and oxygen atoms in total. The third kappa shape index (κ3) is 4.80. The molecule has 2 N–H and O–H groups in total. The van der Waals surface area contributed by atoms with Gasteiger partial charge in [0, 0.05) is 21.6 Å². The number of nitriles is 1. The van der Waals surface area contributed by atoms with Crippen molar-refractivity contribution in [2.45, 2.75) is 43.2 Å². The number of rotatable bonds is 5. The van der Waals surface area contributed by atoms with Crippen LogP contribution in [0.25, 0.3) is 0 Å². The van der Waals surface area contributed by atoms with E-state index in [1.54, 1.807) is 14.2 Å². The van der Waals surface area contributed by atoms with E-state index in [-0.39, 0.29) is 11.5 Å². The van der Waals surface area contributed by atoms with Crippen LogP contribution in [0.4, 0.5) is 5.69 Å². The summed E-state index contributed by atoms with van der Waals surface area (Å²) in [6, 6.07) is 14.7. The topological polar surface area (TPSA) is 81.9 Å². The van der Waals surface area contributed by atoms with Crippen LogP contribution < -0.4 is 20.1 Å². The number of methoxy groups -OCH3 is 2. The number of fused-ring (bicyclic) bond motifs is 1. The quantitative estimate of drug-likeness (QED) is 0.266. The minimum absolute atomic E-state index is 0.0703. The average Bonchev–Trinajstić information content (AvgIpc) is 3.16. The first-order chi connectivity index (χ1) is 16.0. The number of benzene rings is 2. The van der Waals surface area contributed by atoms with E-state index in [1.807, 2.05) is 36.5 Å². The Labute approximate surface area is 203 Å². The van der Waals surface area contributed by atoms with Gasteiger partial charge in [0.15, 0.2) is 17.7 Å². The summed E-state index contributed by atoms with van der Waals surface area (Å²) in [7, 11) is 5.55. The van der Waals surface area contributed by atoms with E-state index in [2.05, 4.69) is 50.6 Å². The number of guanidine groups is 1. The molecular weight excluding hydrogens is 482 g/mol. The van der Waals surface area contributed by atoms with Crippen molar-refractivity contribution < 1.29 is 9.47 Å². The van der Waals surface area contributed by atoms with Crippen molar-refractivity contribution in [2.75, 3.05) is 33.1 Å². The standard InChI is InChI=1S/C25H30BrN5O2/c1-31-12-11-25(17-7-8-21(32-2)22(13-17)33-3)10-9-20(15-23(25)31)30-24(28-16-27)29-19-6-4-5-18(26)14-19/h4-8,13-14,20,23H,9-12,15H2,1-3H3,(H2,28,29,30)/t20-,23+,25-/m0/s1. The minimum atomic E-state index is 0.0703. The molecule has 0 aromatic heterocycles. The largest absolute Gasteiger partial charge is 0.493 e. The van der Waals surface area contributed by atoms with Gasteiger partial charge in [0.1, 0.15) is 0 Å². The smallest absolute Gasteiger partial charge is 0.209 e. The molecular formula is C25H30BrN5O2. The van der Waals surface area contributed by atoms with Crippen LogP contribution in [0.3, 0.4) is 0 Å². The molecule has 2 aromatic rings. The fourth-order valence-corrected chi connectivity index (χ4v) is 5.79. The van der Waals surface area contributed by atoms with Gasteiger partial charge in [-0.3, -0.25) is 5.32 Å². The number of ether oxygens (including phenoxy) is 2. The fourth-order valence-electron chi connectivity index (χ4n) is 5.40. The zero-order chi connectivity index (χ0) is 23.4. The highest BCUT2D eigenvalue weighted by atomic mass is 79.9. The average molecular weight is 512 g/mol. The molecule has 1 aliphatic heterocycles. The molecule has 0 radical (unpaired) electrons. The maximum atomic E-state index is 9.25. The number of aliphatic imine (C=N–C) groups is 1. The summed E-state index contributed by atoms with van der Waals surface area (Å²) < 4.78 is 12.0. The summed E-state index contributed by atoms with van der Waals surface area (Å²) in [6.45, 7) is 1.05. The normalized spacial score (nSPS) is 25.1. The van der Waals surface area contributed by atoms with Gasteiger partial charge in [-0.1, -0.05) is 28.1 Å². The predicted molar refractivity (Wildman–Crippen MR) is 134 cm³/mol. The Morgan fingerprint density at radius 2 is 2.00 bits per heavy atom. The van der Waals surface area contributed by atoms with Crippen molar-refractivity contribution in [3.63, 3.8) is 0 Å². The molecule has 3 atom stereocenters. The number of anilines is 1. The Balaban J connectivity index is 1.58. The molecule has 33 heavy (non-hydrogen) atoms. The van der Waals surface area contributed by atoms with Gasteiger partial charge in [0.2, 0.25) is 5.96 Å². The Morgan fingerprint density at radius 1 is 1.18 bits per heavy atom. The summed E-state index contributed by atoms with van der Waals surface area (Å²) in [5.74, 6) is 2.01. The van der Waals surface area contributed by atoms with Gasteiger partial charge in [-0.25, -0.2) is 4.99 Å². The van der Waals surface area contributed by atoms with Crippen LogP contribution in [0, 0.1) is 11.5 Å². The second-order valence-corrected chi connectivity index (χ2v) is 9.67. The van der Waals surface area contributed by atoms with Crippen LogP contribution in [0.5, 0.6) is 11.5 Å². The fraction of sp³-hybridized carbons (Fsp3) is 0.440. The van der Waals surface area contributed by atoms with E-state index in [9.17, 15) is 5.26 Å². The number of nitrogens with one attached hydrogen (secondary N) is 2. The summed E-state index contributed by atoms with van der Waals surface area (Å²) in [6.07, 6.45) is 6.04. The van der Waals surface area contributed by atoms with E-state index in [0.717, 1.165) is 53.9 Å². The predicted octanol–water partition coefficient (Wildman–Crippen LogP) is 4.50. The maximum absolute atomic E-state index is 9.25. The summed E-state index contributed by atoms with van der Waals surface area (Å²) in [4.78, 5) is 7.37. The van der Waals surface area contributed by atoms with Gasteiger partial charge in [-0.15, -0.1) is 0 Å². The highest BCUT2D eigenvalue weighted by Crippen LogP contribution is 2.50. The molecule has 2 aromatic carbocycles. The summed E-state index contributed by atoms with van der Waals surface area (Å²) in [5, 5.41) is 15.2. The van der Waals surface area contributed by atoms with Gasteiger partial charge < -0.3 is 19.7 Å². The Morgan fingerprint density at radius 3 is 2.73 bits per heavy atom. The number of likely N-dealkylation sites (N-methyl/N-ethyl adjacent to an activating group) is 1. The second kappa shape index (κ2) is 10.0. The van der Waals surface area contributed by atoms with Gasteiger partial charge in [-0.2, -0.15) is 5.26 Å². The lowest BCUT2D eigenvalue weighted by Gasteiger charge is -2.44.